The van der Waals surface area contributed by atoms with Crippen LogP contribution in [0.25, 0.3) is 10.8 Å². The van der Waals surface area contributed by atoms with Gasteiger partial charge in [0.05, 0.1) is 10.8 Å². The second kappa shape index (κ2) is 7.17. The van der Waals surface area contributed by atoms with Gasteiger partial charge in [0.25, 0.3) is 11.1 Å². The van der Waals surface area contributed by atoms with Crippen LogP contribution in [-0.4, -0.2) is 34.2 Å². The van der Waals surface area contributed by atoms with Crippen LogP contribution in [0.2, 0.25) is 0 Å². The number of benzene rings is 2. The van der Waals surface area contributed by atoms with Gasteiger partial charge < -0.3 is 4.90 Å². The molecule has 0 saturated carbocycles. The van der Waals surface area contributed by atoms with Crippen LogP contribution in [0.1, 0.15) is 5.56 Å². The van der Waals surface area contributed by atoms with Crippen molar-refractivity contribution in [1.82, 2.24) is 14.7 Å². The summed E-state index contributed by atoms with van der Waals surface area (Å²) in [5.74, 6) is -0.232. The minimum Gasteiger partial charge on any atom is -0.344 e. The van der Waals surface area contributed by atoms with E-state index in [1.807, 2.05) is 30.3 Å². The van der Waals surface area contributed by atoms with Gasteiger partial charge in [0, 0.05) is 13.6 Å². The van der Waals surface area contributed by atoms with Crippen LogP contribution < -0.4 is 11.1 Å². The molecule has 6 heteroatoms. The summed E-state index contributed by atoms with van der Waals surface area (Å²) in [6, 6.07) is 16.4. The molecule has 1 aromatic heterocycles. The monoisotopic (exact) mass is 337 g/mol. The van der Waals surface area contributed by atoms with E-state index in [0.29, 0.717) is 17.3 Å². The number of carbonyl (C=O) groups excluding carboxylic acids is 1. The maximum absolute atomic E-state index is 12.4. The number of aromatic nitrogens is 2. The van der Waals surface area contributed by atoms with Gasteiger partial charge in [0.15, 0.2) is 0 Å². The van der Waals surface area contributed by atoms with Crippen molar-refractivity contribution in [3.8, 4) is 0 Å². The van der Waals surface area contributed by atoms with Crippen molar-refractivity contribution in [3.63, 3.8) is 0 Å². The molecule has 128 valence electrons. The third-order valence-corrected chi connectivity index (χ3v) is 4.18. The van der Waals surface area contributed by atoms with Gasteiger partial charge in [0.2, 0.25) is 5.91 Å². The highest BCUT2D eigenvalue weighted by molar-refractivity contribution is 5.81. The Bertz CT molecular complexity index is 1010. The number of hydrogen-bond acceptors (Lipinski definition) is 3. The van der Waals surface area contributed by atoms with Crippen LogP contribution in [0.5, 0.6) is 0 Å². The predicted molar refractivity (Wildman–Crippen MR) is 96.6 cm³/mol. The number of carbonyl (C=O) groups is 1. The lowest BCUT2D eigenvalue weighted by Gasteiger charge is -2.18. The number of fused-ring (bicyclic) bond motifs is 1. The van der Waals surface area contributed by atoms with E-state index in [0.717, 1.165) is 16.7 Å². The maximum atomic E-state index is 12.4. The SMILES string of the molecule is CN(CCc1ccccc1)C(=O)Cn1[nH]c(=O)c2ccccc2c1=O. The quantitative estimate of drug-likeness (QED) is 0.764. The molecule has 0 aliphatic heterocycles. The maximum Gasteiger partial charge on any atom is 0.273 e. The molecule has 2 aromatic carbocycles. The summed E-state index contributed by atoms with van der Waals surface area (Å²) >= 11 is 0. The highest BCUT2D eigenvalue weighted by atomic mass is 16.2. The summed E-state index contributed by atoms with van der Waals surface area (Å²) in [5, 5.41) is 3.12. The minimum absolute atomic E-state index is 0.190. The molecule has 0 aliphatic rings. The first kappa shape index (κ1) is 16.7. The highest BCUT2D eigenvalue weighted by Crippen LogP contribution is 2.03. The number of likely N-dealkylation sites (N-methyl/N-ethyl adjacent to an activating group) is 1. The van der Waals surface area contributed by atoms with Gasteiger partial charge >= 0.3 is 0 Å². The Kier molecular flexibility index (Phi) is 4.79. The Morgan fingerprint density at radius 2 is 1.64 bits per heavy atom. The molecule has 0 atom stereocenters. The van der Waals surface area contributed by atoms with E-state index < -0.39 is 0 Å². The third-order valence-electron chi connectivity index (χ3n) is 4.18. The topological polar surface area (TPSA) is 75.2 Å². The van der Waals surface area contributed by atoms with E-state index in [2.05, 4.69) is 5.10 Å². The molecule has 1 N–H and O–H groups in total. The van der Waals surface area contributed by atoms with Gasteiger partial charge in [-0.25, -0.2) is 4.68 Å². The summed E-state index contributed by atoms with van der Waals surface area (Å²) in [4.78, 5) is 38.5. The van der Waals surface area contributed by atoms with Crippen molar-refractivity contribution < 1.29 is 4.79 Å². The van der Waals surface area contributed by atoms with E-state index in [9.17, 15) is 14.4 Å². The second-order valence-corrected chi connectivity index (χ2v) is 5.93. The largest absolute Gasteiger partial charge is 0.344 e. The smallest absolute Gasteiger partial charge is 0.273 e. The zero-order valence-electron chi connectivity index (χ0n) is 13.9. The summed E-state index contributed by atoms with van der Waals surface area (Å²) in [6.07, 6.45) is 0.728. The van der Waals surface area contributed by atoms with E-state index in [1.54, 1.807) is 36.2 Å². The predicted octanol–water partition coefficient (Wildman–Crippen LogP) is 1.39. The van der Waals surface area contributed by atoms with Gasteiger partial charge in [-0.1, -0.05) is 42.5 Å². The van der Waals surface area contributed by atoms with Gasteiger partial charge in [-0.15, -0.1) is 0 Å². The van der Waals surface area contributed by atoms with Gasteiger partial charge in [-0.3, -0.25) is 19.5 Å². The molecule has 0 aliphatic carbocycles. The molecule has 6 nitrogen and oxygen atoms in total. The lowest BCUT2D eigenvalue weighted by molar-refractivity contribution is -0.130. The van der Waals surface area contributed by atoms with Crippen molar-refractivity contribution in [2.75, 3.05) is 13.6 Å². The van der Waals surface area contributed by atoms with Gasteiger partial charge in [0.1, 0.15) is 6.54 Å². The number of aromatic amines is 1. The van der Waals surface area contributed by atoms with Crippen LogP contribution in [0.15, 0.2) is 64.2 Å². The van der Waals surface area contributed by atoms with Crippen molar-refractivity contribution in [2.45, 2.75) is 13.0 Å². The molecule has 25 heavy (non-hydrogen) atoms. The lowest BCUT2D eigenvalue weighted by atomic mass is 10.1. The number of nitrogens with zero attached hydrogens (tertiary/aromatic N) is 2. The first-order chi connectivity index (χ1) is 12.1. The zero-order chi connectivity index (χ0) is 17.8. The minimum atomic E-state index is -0.380. The van der Waals surface area contributed by atoms with Crippen LogP contribution in [0.3, 0.4) is 0 Å². The summed E-state index contributed by atoms with van der Waals surface area (Å²) in [5.41, 5.74) is 0.383. The molecular weight excluding hydrogens is 318 g/mol. The van der Waals surface area contributed by atoms with E-state index in [-0.39, 0.29) is 23.6 Å². The molecule has 3 aromatic rings. The molecule has 1 heterocycles. The molecule has 0 fully saturated rings. The number of H-pyrrole nitrogens is 1. The van der Waals surface area contributed by atoms with Crippen molar-refractivity contribution in [2.24, 2.45) is 0 Å². The van der Waals surface area contributed by atoms with Crippen molar-refractivity contribution in [1.29, 1.82) is 0 Å². The van der Waals surface area contributed by atoms with E-state index >= 15 is 0 Å². The molecule has 3 rings (SSSR count). The molecule has 0 unspecified atom stereocenters. The van der Waals surface area contributed by atoms with Gasteiger partial charge in [-0.2, -0.15) is 0 Å². The van der Waals surface area contributed by atoms with Crippen LogP contribution in [0, 0.1) is 0 Å². The van der Waals surface area contributed by atoms with Crippen LogP contribution >= 0.6 is 0 Å². The fourth-order valence-electron chi connectivity index (χ4n) is 2.68. The zero-order valence-corrected chi connectivity index (χ0v) is 13.9. The fourth-order valence-corrected chi connectivity index (χ4v) is 2.68. The average Bonchev–Trinajstić information content (AvgIpc) is 2.64. The number of nitrogens with one attached hydrogen (secondary N) is 1. The van der Waals surface area contributed by atoms with Crippen molar-refractivity contribution >= 4 is 16.7 Å². The lowest BCUT2D eigenvalue weighted by Crippen LogP contribution is -2.38. The first-order valence-corrected chi connectivity index (χ1v) is 8.06. The Morgan fingerprint density at radius 1 is 1.00 bits per heavy atom. The van der Waals surface area contributed by atoms with Gasteiger partial charge in [-0.05, 0) is 24.1 Å². The Hall–Kier alpha value is -3.15. The van der Waals surface area contributed by atoms with Crippen molar-refractivity contribution in [3.05, 3.63) is 80.9 Å². The van der Waals surface area contributed by atoms with E-state index in [1.165, 1.54) is 0 Å². The first-order valence-electron chi connectivity index (χ1n) is 8.06. The Balaban J connectivity index is 1.74. The molecular formula is C19H19N3O3. The highest BCUT2D eigenvalue weighted by Gasteiger charge is 2.13. The normalized spacial score (nSPS) is 10.8. The number of hydrogen-bond donors (Lipinski definition) is 1. The second-order valence-electron chi connectivity index (χ2n) is 5.93. The third kappa shape index (κ3) is 3.68. The summed E-state index contributed by atoms with van der Waals surface area (Å²) in [6.45, 7) is 0.347. The number of amides is 1. The molecule has 0 bridgehead atoms. The molecule has 0 spiro atoms. The standard InChI is InChI=1S/C19H19N3O3/c1-21(12-11-14-7-3-2-4-8-14)17(23)13-22-19(25)16-10-6-5-9-15(16)18(24)20-22/h2-10H,11-13H2,1H3,(H,20,24). The van der Waals surface area contributed by atoms with Crippen LogP contribution in [-0.2, 0) is 17.8 Å². The fraction of sp³-hybridized carbons (Fsp3) is 0.211. The average molecular weight is 337 g/mol. The molecule has 0 saturated heterocycles. The Labute approximate surface area is 144 Å². The molecule has 1 amide bonds. The summed E-state index contributed by atoms with van der Waals surface area (Å²) in [7, 11) is 1.69. The number of rotatable bonds is 5. The Morgan fingerprint density at radius 3 is 2.36 bits per heavy atom. The molecule has 0 radical (unpaired) electrons. The van der Waals surface area contributed by atoms with E-state index in [4.69, 9.17) is 0 Å². The summed E-state index contributed by atoms with van der Waals surface area (Å²) < 4.78 is 1.08. The van der Waals surface area contributed by atoms with Crippen LogP contribution in [0.4, 0.5) is 0 Å².